The van der Waals surface area contributed by atoms with E-state index < -0.39 is 5.97 Å². The second kappa shape index (κ2) is 5.91. The first kappa shape index (κ1) is 10.0. The van der Waals surface area contributed by atoms with Crippen molar-refractivity contribution in [2.24, 2.45) is 5.73 Å². The molecule has 0 spiro atoms. The van der Waals surface area contributed by atoms with Gasteiger partial charge in [-0.25, -0.2) is 0 Å². The third-order valence-corrected chi connectivity index (χ3v) is 0.175. The van der Waals surface area contributed by atoms with Crippen molar-refractivity contribution >= 4 is 51.5 Å². The zero-order valence-corrected chi connectivity index (χ0v) is 2.64. The van der Waals surface area contributed by atoms with E-state index in [1.54, 1.807) is 0 Å². The molecule has 3 nitrogen and oxygen atoms in total. The molecule has 3 N–H and O–H groups in total. The first-order valence-electron chi connectivity index (χ1n) is 1.19. The van der Waals surface area contributed by atoms with Crippen LogP contribution in [-0.4, -0.2) is 63.1 Å². The van der Waals surface area contributed by atoms with Crippen molar-refractivity contribution in [1.29, 1.82) is 0 Å². The Labute approximate surface area is 72.8 Å². The fraction of sp³-hybridized carbons (Fsp3) is 0.500. The molecule has 0 radical (unpaired) electrons. The Morgan fingerprint density at radius 2 is 2.00 bits per heavy atom. The summed E-state index contributed by atoms with van der Waals surface area (Å²) in [6.45, 7) is -0.278. The average molecular weight is 165 g/mol. The Kier molecular flexibility index (Phi) is 9.86. The van der Waals surface area contributed by atoms with E-state index in [1.165, 1.54) is 0 Å². The molecule has 0 aliphatic rings. The molecule has 0 aromatic heterocycles. The van der Waals surface area contributed by atoms with Crippen LogP contribution < -0.4 is 5.73 Å². The molecular formula is C2H7NO2Sr. The van der Waals surface area contributed by atoms with Gasteiger partial charge in [-0.05, 0) is 0 Å². The molecule has 0 heterocycles. The molecule has 0 aliphatic heterocycles. The van der Waals surface area contributed by atoms with Crippen LogP contribution in [0.4, 0.5) is 0 Å². The van der Waals surface area contributed by atoms with Crippen LogP contribution in [-0.2, 0) is 4.79 Å². The number of aliphatic carboxylic acids is 1. The molecule has 0 rings (SSSR count). The third kappa shape index (κ3) is 8.86. The first-order valence-corrected chi connectivity index (χ1v) is 1.19. The summed E-state index contributed by atoms with van der Waals surface area (Å²) in [6, 6.07) is 0. The Morgan fingerprint density at radius 1 is 1.83 bits per heavy atom. The van der Waals surface area contributed by atoms with Gasteiger partial charge in [0.1, 0.15) is 0 Å². The summed E-state index contributed by atoms with van der Waals surface area (Å²) >= 11 is 0. The Morgan fingerprint density at radius 3 is 2.00 bits per heavy atom. The van der Waals surface area contributed by atoms with Crippen LogP contribution in [0, 0.1) is 0 Å². The fourth-order valence-corrected chi connectivity index (χ4v) is 0. The zero-order chi connectivity index (χ0) is 4.28. The van der Waals surface area contributed by atoms with Crippen molar-refractivity contribution in [2.75, 3.05) is 6.54 Å². The third-order valence-electron chi connectivity index (χ3n) is 0.175. The van der Waals surface area contributed by atoms with Gasteiger partial charge < -0.3 is 10.8 Å². The van der Waals surface area contributed by atoms with Crippen LogP contribution in [0.3, 0.4) is 0 Å². The van der Waals surface area contributed by atoms with Gasteiger partial charge in [0.25, 0.3) is 0 Å². The van der Waals surface area contributed by atoms with Crippen LogP contribution in [0.5, 0.6) is 0 Å². The zero-order valence-electron chi connectivity index (χ0n) is 2.64. The standard InChI is InChI=1S/C2H5NO2.Sr.2H/c3-1-2(4)5;;;/h1,3H2,(H,4,5);;;. The summed E-state index contributed by atoms with van der Waals surface area (Å²) in [5, 5.41) is 7.60. The Hall–Kier alpha value is 0.911. The van der Waals surface area contributed by atoms with E-state index in [4.69, 9.17) is 5.11 Å². The summed E-state index contributed by atoms with van der Waals surface area (Å²) in [5.41, 5.74) is 4.57. The summed E-state index contributed by atoms with van der Waals surface area (Å²) in [4.78, 5) is 9.24. The van der Waals surface area contributed by atoms with Crippen molar-refractivity contribution in [2.45, 2.75) is 0 Å². The molecule has 0 bridgehead atoms. The van der Waals surface area contributed by atoms with E-state index in [1.807, 2.05) is 0 Å². The second-order valence-corrected chi connectivity index (χ2v) is 0.598. The van der Waals surface area contributed by atoms with Crippen LogP contribution in [0.25, 0.3) is 0 Å². The number of nitrogens with two attached hydrogens (primary N) is 1. The molecule has 4 heteroatoms. The molecule has 0 amide bonds. The van der Waals surface area contributed by atoms with E-state index in [-0.39, 0.29) is 52.0 Å². The molecule has 0 aliphatic carbocycles. The van der Waals surface area contributed by atoms with Gasteiger partial charge in [-0.1, -0.05) is 0 Å². The molecule has 34 valence electrons. The van der Waals surface area contributed by atoms with E-state index in [2.05, 4.69) is 5.73 Å². The number of carbonyl (C=O) groups is 1. The van der Waals surface area contributed by atoms with Gasteiger partial charge in [0.2, 0.25) is 0 Å². The predicted octanol–water partition coefficient (Wildman–Crippen LogP) is -1.89. The van der Waals surface area contributed by atoms with E-state index >= 15 is 0 Å². The fourth-order valence-electron chi connectivity index (χ4n) is 0. The number of carboxylic acids is 1. The quantitative estimate of drug-likeness (QED) is 0.446. The Bertz CT molecular complexity index is 46.8. The van der Waals surface area contributed by atoms with Crippen molar-refractivity contribution < 1.29 is 9.90 Å². The molecule has 0 saturated heterocycles. The molecule has 0 saturated carbocycles. The maximum atomic E-state index is 9.24. The number of hydrogen-bond donors (Lipinski definition) is 2. The first-order chi connectivity index (χ1) is 2.27. The van der Waals surface area contributed by atoms with Crippen molar-refractivity contribution in [3.8, 4) is 0 Å². The normalized spacial score (nSPS) is 6.17. The molecule has 0 fully saturated rings. The van der Waals surface area contributed by atoms with Crippen molar-refractivity contribution in [1.82, 2.24) is 0 Å². The molecule has 0 unspecified atom stereocenters. The summed E-state index contributed by atoms with van der Waals surface area (Å²) < 4.78 is 0. The SMILES string of the molecule is NCC(=O)O.[SrH2]. The van der Waals surface area contributed by atoms with E-state index in [9.17, 15) is 4.79 Å². The van der Waals surface area contributed by atoms with Gasteiger partial charge in [0, 0.05) is 0 Å². The van der Waals surface area contributed by atoms with Crippen LogP contribution in [0.2, 0.25) is 0 Å². The number of hydrogen-bond acceptors (Lipinski definition) is 2. The van der Waals surface area contributed by atoms with Gasteiger partial charge in [0.05, 0.1) is 6.54 Å². The van der Waals surface area contributed by atoms with Gasteiger partial charge in [-0.2, -0.15) is 0 Å². The second-order valence-electron chi connectivity index (χ2n) is 0.598. The van der Waals surface area contributed by atoms with Crippen LogP contribution in [0.1, 0.15) is 0 Å². The van der Waals surface area contributed by atoms with Gasteiger partial charge in [-0.15, -0.1) is 0 Å². The summed E-state index contributed by atoms with van der Waals surface area (Å²) in [7, 11) is 0. The molecule has 0 atom stereocenters. The number of carboxylic acid groups (broad SMARTS) is 1. The van der Waals surface area contributed by atoms with Crippen LogP contribution in [0.15, 0.2) is 0 Å². The molecule has 6 heavy (non-hydrogen) atoms. The minimum atomic E-state index is -0.968. The number of rotatable bonds is 1. The van der Waals surface area contributed by atoms with Crippen molar-refractivity contribution in [3.63, 3.8) is 0 Å². The van der Waals surface area contributed by atoms with E-state index in [0.29, 0.717) is 0 Å². The monoisotopic (exact) mass is 165 g/mol. The predicted molar refractivity (Wildman–Crippen MR) is 25.2 cm³/mol. The Balaban J connectivity index is 0. The van der Waals surface area contributed by atoms with Gasteiger partial charge in [0.15, 0.2) is 0 Å². The van der Waals surface area contributed by atoms with Crippen molar-refractivity contribution in [3.05, 3.63) is 0 Å². The molecule has 0 aromatic rings. The average Bonchev–Trinajstić information content (AvgIpc) is 1.38. The molecular weight excluding hydrogens is 158 g/mol. The minimum absolute atomic E-state index is 0. The maximum absolute atomic E-state index is 9.24. The van der Waals surface area contributed by atoms with Gasteiger partial charge >= 0.3 is 51.5 Å². The summed E-state index contributed by atoms with van der Waals surface area (Å²) in [5.74, 6) is -0.968. The van der Waals surface area contributed by atoms with Gasteiger partial charge in [-0.3, -0.25) is 4.79 Å². The van der Waals surface area contributed by atoms with Crippen LogP contribution >= 0.6 is 0 Å². The van der Waals surface area contributed by atoms with E-state index in [0.717, 1.165) is 0 Å². The summed E-state index contributed by atoms with van der Waals surface area (Å²) in [6.07, 6.45) is 0. The topological polar surface area (TPSA) is 63.3 Å². The molecule has 0 aromatic carbocycles.